The minimum atomic E-state index is -0.208. The Kier molecular flexibility index (Phi) is 8.05. The third-order valence-corrected chi connectivity index (χ3v) is 3.53. The van der Waals surface area contributed by atoms with E-state index in [4.69, 9.17) is 4.74 Å². The van der Waals surface area contributed by atoms with Crippen molar-refractivity contribution in [1.29, 1.82) is 0 Å². The van der Waals surface area contributed by atoms with Gasteiger partial charge < -0.3 is 4.74 Å². The van der Waals surface area contributed by atoms with Crippen LogP contribution in [0, 0.1) is 3.57 Å². The van der Waals surface area contributed by atoms with Gasteiger partial charge >= 0.3 is 5.97 Å². The highest BCUT2D eigenvalue weighted by molar-refractivity contribution is 14.1. The summed E-state index contributed by atoms with van der Waals surface area (Å²) in [5.74, 6) is -0.208. The van der Waals surface area contributed by atoms with E-state index in [1.54, 1.807) is 0 Å². The van der Waals surface area contributed by atoms with Crippen LogP contribution in [-0.4, -0.2) is 12.6 Å². The Balaban J connectivity index is 2.12. The van der Waals surface area contributed by atoms with Crippen LogP contribution in [0.25, 0.3) is 0 Å². The molecule has 0 amide bonds. The highest BCUT2D eigenvalue weighted by Gasteiger charge is 2.05. The van der Waals surface area contributed by atoms with Crippen molar-refractivity contribution in [1.82, 2.24) is 0 Å². The zero-order valence-electron chi connectivity index (χ0n) is 11.0. The average molecular weight is 360 g/mol. The summed E-state index contributed by atoms with van der Waals surface area (Å²) in [4.78, 5) is 11.7. The lowest BCUT2D eigenvalue weighted by Crippen LogP contribution is -2.06. The summed E-state index contributed by atoms with van der Waals surface area (Å²) < 4.78 is 6.36. The molecular formula is C15H21IO2. The van der Waals surface area contributed by atoms with E-state index in [0.717, 1.165) is 16.4 Å². The summed E-state index contributed by atoms with van der Waals surface area (Å²) in [6, 6.07) is 7.46. The number of halogens is 1. The standard InChI is InChI=1S/C15H21IO2/c1-2-3-4-5-6-7-12-18-15(17)13-8-10-14(16)11-9-13/h8-11H,2-7,12H2,1H3. The zero-order chi connectivity index (χ0) is 13.2. The highest BCUT2D eigenvalue weighted by Crippen LogP contribution is 2.09. The maximum absolute atomic E-state index is 11.7. The molecule has 0 N–H and O–H groups in total. The number of carbonyl (C=O) groups excluding carboxylic acids is 1. The number of rotatable bonds is 8. The van der Waals surface area contributed by atoms with Gasteiger partial charge in [-0.15, -0.1) is 0 Å². The Hall–Kier alpha value is -0.580. The number of ether oxygens (including phenoxy) is 1. The van der Waals surface area contributed by atoms with Crippen LogP contribution in [0.4, 0.5) is 0 Å². The first-order valence-corrected chi connectivity index (χ1v) is 7.74. The largest absolute Gasteiger partial charge is 0.462 e. The molecule has 0 aromatic heterocycles. The van der Waals surface area contributed by atoms with Crippen molar-refractivity contribution in [2.45, 2.75) is 45.4 Å². The van der Waals surface area contributed by atoms with Gasteiger partial charge in [0, 0.05) is 3.57 Å². The Morgan fingerprint density at radius 2 is 1.67 bits per heavy atom. The summed E-state index contributed by atoms with van der Waals surface area (Å²) in [7, 11) is 0. The van der Waals surface area contributed by atoms with Gasteiger partial charge in [-0.1, -0.05) is 39.0 Å². The van der Waals surface area contributed by atoms with Gasteiger partial charge in [-0.25, -0.2) is 4.79 Å². The molecule has 100 valence electrons. The molecule has 0 spiro atoms. The maximum atomic E-state index is 11.7. The van der Waals surface area contributed by atoms with Crippen molar-refractivity contribution in [3.8, 4) is 0 Å². The van der Waals surface area contributed by atoms with Crippen molar-refractivity contribution in [2.24, 2.45) is 0 Å². The lowest BCUT2D eigenvalue weighted by Gasteiger charge is -2.05. The molecule has 0 aliphatic heterocycles. The lowest BCUT2D eigenvalue weighted by atomic mass is 10.1. The third kappa shape index (κ3) is 6.38. The molecule has 0 unspecified atom stereocenters. The van der Waals surface area contributed by atoms with Crippen molar-refractivity contribution in [3.63, 3.8) is 0 Å². The van der Waals surface area contributed by atoms with E-state index in [0.29, 0.717) is 12.2 Å². The van der Waals surface area contributed by atoms with Gasteiger partial charge in [0.25, 0.3) is 0 Å². The number of benzene rings is 1. The van der Waals surface area contributed by atoms with Crippen LogP contribution in [0.15, 0.2) is 24.3 Å². The van der Waals surface area contributed by atoms with E-state index >= 15 is 0 Å². The minimum absolute atomic E-state index is 0.208. The molecule has 0 saturated carbocycles. The molecular weight excluding hydrogens is 339 g/mol. The molecule has 1 aromatic rings. The van der Waals surface area contributed by atoms with Gasteiger partial charge in [0.05, 0.1) is 12.2 Å². The third-order valence-electron chi connectivity index (χ3n) is 2.81. The van der Waals surface area contributed by atoms with Crippen molar-refractivity contribution in [2.75, 3.05) is 6.61 Å². The predicted molar refractivity (Wildman–Crippen MR) is 82.8 cm³/mol. The molecule has 0 heterocycles. The van der Waals surface area contributed by atoms with E-state index in [1.165, 1.54) is 25.7 Å². The maximum Gasteiger partial charge on any atom is 0.338 e. The molecule has 0 bridgehead atoms. The molecule has 0 aliphatic rings. The molecule has 0 aliphatic carbocycles. The van der Waals surface area contributed by atoms with Crippen molar-refractivity contribution < 1.29 is 9.53 Å². The summed E-state index contributed by atoms with van der Waals surface area (Å²) in [6.07, 6.45) is 7.24. The minimum Gasteiger partial charge on any atom is -0.462 e. The highest BCUT2D eigenvalue weighted by atomic mass is 127. The van der Waals surface area contributed by atoms with Gasteiger partial charge in [-0.3, -0.25) is 0 Å². The Bertz CT molecular complexity index is 346. The van der Waals surface area contributed by atoms with Crippen LogP contribution < -0.4 is 0 Å². The molecule has 0 saturated heterocycles. The summed E-state index contributed by atoms with van der Waals surface area (Å²) in [5, 5.41) is 0. The summed E-state index contributed by atoms with van der Waals surface area (Å²) in [5.41, 5.74) is 0.640. The van der Waals surface area contributed by atoms with Crippen LogP contribution in [0.2, 0.25) is 0 Å². The number of carbonyl (C=O) groups is 1. The zero-order valence-corrected chi connectivity index (χ0v) is 13.1. The van der Waals surface area contributed by atoms with E-state index in [-0.39, 0.29) is 5.97 Å². The topological polar surface area (TPSA) is 26.3 Å². The average Bonchev–Trinajstić information content (AvgIpc) is 2.38. The second kappa shape index (κ2) is 9.36. The monoisotopic (exact) mass is 360 g/mol. The number of unbranched alkanes of at least 4 members (excludes halogenated alkanes) is 5. The van der Waals surface area contributed by atoms with E-state index in [9.17, 15) is 4.79 Å². The molecule has 0 atom stereocenters. The van der Waals surface area contributed by atoms with Crippen LogP contribution in [0.3, 0.4) is 0 Å². The van der Waals surface area contributed by atoms with Gasteiger partial charge in [0.2, 0.25) is 0 Å². The molecule has 2 nitrogen and oxygen atoms in total. The van der Waals surface area contributed by atoms with Gasteiger partial charge in [0.1, 0.15) is 0 Å². The van der Waals surface area contributed by atoms with Crippen LogP contribution >= 0.6 is 22.6 Å². The molecule has 0 radical (unpaired) electrons. The first-order chi connectivity index (χ1) is 8.74. The summed E-state index contributed by atoms with van der Waals surface area (Å²) >= 11 is 2.22. The van der Waals surface area contributed by atoms with Gasteiger partial charge in [0.15, 0.2) is 0 Å². The smallest absolute Gasteiger partial charge is 0.338 e. The molecule has 18 heavy (non-hydrogen) atoms. The second-order valence-electron chi connectivity index (χ2n) is 4.41. The van der Waals surface area contributed by atoms with E-state index < -0.39 is 0 Å². The fourth-order valence-electron chi connectivity index (χ4n) is 1.72. The fraction of sp³-hybridized carbons (Fsp3) is 0.533. The van der Waals surface area contributed by atoms with Gasteiger partial charge in [-0.2, -0.15) is 0 Å². The lowest BCUT2D eigenvalue weighted by molar-refractivity contribution is 0.0497. The first-order valence-electron chi connectivity index (χ1n) is 6.66. The molecule has 3 heteroatoms. The normalized spacial score (nSPS) is 10.3. The Morgan fingerprint density at radius 3 is 2.33 bits per heavy atom. The number of hydrogen-bond donors (Lipinski definition) is 0. The first kappa shape index (κ1) is 15.5. The van der Waals surface area contributed by atoms with Crippen LogP contribution in [0.5, 0.6) is 0 Å². The summed E-state index contributed by atoms with van der Waals surface area (Å²) in [6.45, 7) is 2.75. The van der Waals surface area contributed by atoms with Gasteiger partial charge in [-0.05, 0) is 53.3 Å². The van der Waals surface area contributed by atoms with E-state index in [1.807, 2.05) is 24.3 Å². The number of esters is 1. The molecule has 1 rings (SSSR count). The van der Waals surface area contributed by atoms with Crippen molar-refractivity contribution in [3.05, 3.63) is 33.4 Å². The van der Waals surface area contributed by atoms with Crippen LogP contribution in [-0.2, 0) is 4.74 Å². The number of hydrogen-bond acceptors (Lipinski definition) is 2. The molecule has 1 aromatic carbocycles. The Labute approximate surface area is 123 Å². The van der Waals surface area contributed by atoms with Crippen LogP contribution in [0.1, 0.15) is 55.8 Å². The SMILES string of the molecule is CCCCCCCCOC(=O)c1ccc(I)cc1. The second-order valence-corrected chi connectivity index (χ2v) is 5.66. The molecule has 0 fully saturated rings. The van der Waals surface area contributed by atoms with Crippen molar-refractivity contribution >= 4 is 28.6 Å². The van der Waals surface area contributed by atoms with E-state index in [2.05, 4.69) is 29.5 Å². The quantitative estimate of drug-likeness (QED) is 0.378. The Morgan fingerprint density at radius 1 is 1.06 bits per heavy atom. The predicted octanol–water partition coefficient (Wildman–Crippen LogP) is 4.81. The fourth-order valence-corrected chi connectivity index (χ4v) is 2.08.